The summed E-state index contributed by atoms with van der Waals surface area (Å²) in [5.74, 6) is 0.654. The highest BCUT2D eigenvalue weighted by Gasteiger charge is 2.38. The molecule has 0 radical (unpaired) electrons. The second kappa shape index (κ2) is 8.51. The third-order valence-corrected chi connectivity index (χ3v) is 6.78. The van der Waals surface area contributed by atoms with E-state index in [1.54, 1.807) is 0 Å². The van der Waals surface area contributed by atoms with E-state index in [-0.39, 0.29) is 11.9 Å². The first-order chi connectivity index (χ1) is 15.6. The van der Waals surface area contributed by atoms with Gasteiger partial charge >= 0.3 is 0 Å². The molecule has 2 atom stereocenters. The Hall–Kier alpha value is -3.58. The van der Waals surface area contributed by atoms with Crippen LogP contribution in [0.15, 0.2) is 84.0 Å². The van der Waals surface area contributed by atoms with Crippen molar-refractivity contribution in [2.75, 3.05) is 10.7 Å². The van der Waals surface area contributed by atoms with Crippen molar-refractivity contribution in [2.45, 2.75) is 30.3 Å². The Kier molecular flexibility index (Phi) is 5.41. The van der Waals surface area contributed by atoms with E-state index in [0.29, 0.717) is 5.16 Å². The molecule has 0 saturated heterocycles. The fourth-order valence-corrected chi connectivity index (χ4v) is 4.85. The van der Waals surface area contributed by atoms with E-state index in [2.05, 4.69) is 52.1 Å². The Labute approximate surface area is 191 Å². The van der Waals surface area contributed by atoms with Crippen LogP contribution in [0.25, 0.3) is 11.4 Å². The summed E-state index contributed by atoms with van der Waals surface area (Å²) < 4.78 is 1.89. The van der Waals surface area contributed by atoms with Crippen LogP contribution in [-0.4, -0.2) is 26.0 Å². The quantitative estimate of drug-likeness (QED) is 0.468. The number of hydrogen-bond donors (Lipinski definition) is 2. The number of fused-ring (bicyclic) bond motifs is 1. The van der Waals surface area contributed by atoms with E-state index in [4.69, 9.17) is 0 Å². The van der Waals surface area contributed by atoms with Crippen LogP contribution in [0.4, 0.5) is 5.69 Å². The van der Waals surface area contributed by atoms with Crippen molar-refractivity contribution in [1.29, 1.82) is 0 Å². The molecule has 1 aromatic heterocycles. The molecule has 160 valence electrons. The Balaban J connectivity index is 1.52. The van der Waals surface area contributed by atoms with Crippen molar-refractivity contribution in [1.82, 2.24) is 14.9 Å². The molecule has 1 amide bonds. The predicted octanol–water partition coefficient (Wildman–Crippen LogP) is 4.96. The lowest BCUT2D eigenvalue weighted by atomic mass is 10.0. The van der Waals surface area contributed by atoms with Crippen LogP contribution in [0, 0.1) is 13.8 Å². The average molecular weight is 442 g/mol. The van der Waals surface area contributed by atoms with Gasteiger partial charge in [-0.25, -0.2) is 4.68 Å². The smallest absolute Gasteiger partial charge is 0.240 e. The lowest BCUT2D eigenvalue weighted by molar-refractivity contribution is -0.116. The number of aryl methyl sites for hydroxylation is 2. The van der Waals surface area contributed by atoms with Gasteiger partial charge in [-0.2, -0.15) is 0 Å². The minimum atomic E-state index is -0.419. The zero-order chi connectivity index (χ0) is 22.1. The third-order valence-electron chi connectivity index (χ3n) is 5.57. The summed E-state index contributed by atoms with van der Waals surface area (Å²) in [6, 6.07) is 25.7. The van der Waals surface area contributed by atoms with Gasteiger partial charge < -0.3 is 10.7 Å². The molecule has 2 heterocycles. The molecule has 7 heteroatoms. The van der Waals surface area contributed by atoms with Crippen LogP contribution in [-0.2, 0) is 4.79 Å². The summed E-state index contributed by atoms with van der Waals surface area (Å²) in [4.78, 5) is 13.4. The molecular formula is C25H23N5OS. The Morgan fingerprint density at radius 3 is 2.41 bits per heavy atom. The van der Waals surface area contributed by atoms with E-state index in [1.165, 1.54) is 17.3 Å². The van der Waals surface area contributed by atoms with Crippen LogP contribution < -0.4 is 10.7 Å². The summed E-state index contributed by atoms with van der Waals surface area (Å²) in [6.07, 6.45) is 0. The molecule has 0 saturated carbocycles. The number of nitrogens with zero attached hydrogens (tertiary/aromatic N) is 3. The molecular weight excluding hydrogens is 418 g/mol. The molecule has 5 rings (SSSR count). The van der Waals surface area contributed by atoms with E-state index >= 15 is 0 Å². The number of amides is 1. The van der Waals surface area contributed by atoms with E-state index in [0.717, 1.165) is 28.2 Å². The normalized spacial score (nSPS) is 17.3. The number of benzene rings is 3. The molecule has 2 N–H and O–H groups in total. The van der Waals surface area contributed by atoms with Crippen molar-refractivity contribution >= 4 is 23.4 Å². The number of anilines is 1. The van der Waals surface area contributed by atoms with Crippen molar-refractivity contribution in [3.8, 4) is 11.4 Å². The van der Waals surface area contributed by atoms with E-state index in [9.17, 15) is 4.79 Å². The first kappa shape index (κ1) is 20.3. The maximum atomic E-state index is 13.4. The summed E-state index contributed by atoms with van der Waals surface area (Å²) >= 11 is 1.43. The number of carbonyl (C=O) groups is 1. The highest BCUT2D eigenvalue weighted by Crippen LogP contribution is 2.39. The molecule has 4 aromatic rings. The lowest BCUT2D eigenvalue weighted by Crippen LogP contribution is -2.41. The fraction of sp³-hybridized carbons (Fsp3) is 0.160. The summed E-state index contributed by atoms with van der Waals surface area (Å²) in [5.41, 5.74) is 8.53. The number of hydrogen-bond acceptors (Lipinski definition) is 5. The third kappa shape index (κ3) is 3.87. The standard InChI is InChI=1S/C25H23N5OS/c1-16-12-14-18(15-13-16)21-22(24(31)26-20-11-7-6-8-17(20)2)32-25-28-27-23(30(25)29-21)19-9-4-3-5-10-19/h3-15,21-22,29H,1-2H3,(H,26,31). The molecule has 1 aliphatic rings. The Morgan fingerprint density at radius 2 is 1.66 bits per heavy atom. The Bertz CT molecular complexity index is 1250. The van der Waals surface area contributed by atoms with Crippen molar-refractivity contribution in [2.24, 2.45) is 0 Å². The van der Waals surface area contributed by atoms with Gasteiger partial charge in [0.05, 0.1) is 6.04 Å². The lowest BCUT2D eigenvalue weighted by Gasteiger charge is -2.33. The number of aromatic nitrogens is 3. The average Bonchev–Trinajstić information content (AvgIpc) is 3.24. The van der Waals surface area contributed by atoms with Crippen LogP contribution >= 0.6 is 11.8 Å². The molecule has 3 aromatic carbocycles. The number of para-hydroxylation sites is 1. The number of nitrogens with one attached hydrogen (secondary N) is 2. The van der Waals surface area contributed by atoms with Crippen LogP contribution in [0.5, 0.6) is 0 Å². The zero-order valence-corrected chi connectivity index (χ0v) is 18.6. The SMILES string of the molecule is Cc1ccc(C2Nn3c(nnc3-c3ccccc3)SC2C(=O)Nc2ccccc2C)cc1. The predicted molar refractivity (Wildman–Crippen MR) is 128 cm³/mol. The van der Waals surface area contributed by atoms with Gasteiger partial charge in [0.2, 0.25) is 11.1 Å². The maximum absolute atomic E-state index is 13.4. The van der Waals surface area contributed by atoms with E-state index in [1.807, 2.05) is 66.2 Å². The van der Waals surface area contributed by atoms with Gasteiger partial charge in [-0.05, 0) is 31.0 Å². The first-order valence-electron chi connectivity index (χ1n) is 10.5. The number of thioether (sulfide) groups is 1. The van der Waals surface area contributed by atoms with Gasteiger partial charge in [0.25, 0.3) is 0 Å². The van der Waals surface area contributed by atoms with Crippen molar-refractivity contribution < 1.29 is 4.79 Å². The van der Waals surface area contributed by atoms with Gasteiger partial charge in [-0.1, -0.05) is 90.1 Å². The summed E-state index contributed by atoms with van der Waals surface area (Å²) in [6.45, 7) is 4.04. The van der Waals surface area contributed by atoms with Crippen LogP contribution in [0.1, 0.15) is 22.7 Å². The molecule has 0 bridgehead atoms. The first-order valence-corrected chi connectivity index (χ1v) is 11.4. The maximum Gasteiger partial charge on any atom is 0.240 e. The minimum Gasteiger partial charge on any atom is -0.325 e. The monoisotopic (exact) mass is 441 g/mol. The second-order valence-electron chi connectivity index (χ2n) is 7.87. The molecule has 0 spiro atoms. The van der Waals surface area contributed by atoms with Crippen molar-refractivity contribution in [3.63, 3.8) is 0 Å². The molecule has 2 unspecified atom stereocenters. The summed E-state index contributed by atoms with van der Waals surface area (Å²) in [7, 11) is 0. The highest BCUT2D eigenvalue weighted by molar-refractivity contribution is 8.00. The highest BCUT2D eigenvalue weighted by atomic mass is 32.2. The largest absolute Gasteiger partial charge is 0.325 e. The number of rotatable bonds is 4. The van der Waals surface area contributed by atoms with Gasteiger partial charge in [-0.3, -0.25) is 4.79 Å². The second-order valence-corrected chi connectivity index (χ2v) is 8.98. The van der Waals surface area contributed by atoms with Crippen molar-refractivity contribution in [3.05, 3.63) is 95.6 Å². The number of carbonyl (C=O) groups excluding carboxylic acids is 1. The van der Waals surface area contributed by atoms with Gasteiger partial charge in [-0.15, -0.1) is 10.2 Å². The molecule has 0 aliphatic carbocycles. The molecule has 6 nitrogen and oxygen atoms in total. The van der Waals surface area contributed by atoms with Gasteiger partial charge in [0.1, 0.15) is 5.25 Å². The molecule has 1 aliphatic heterocycles. The topological polar surface area (TPSA) is 71.8 Å². The zero-order valence-electron chi connectivity index (χ0n) is 17.8. The minimum absolute atomic E-state index is 0.0714. The fourth-order valence-electron chi connectivity index (χ4n) is 3.77. The van der Waals surface area contributed by atoms with E-state index < -0.39 is 5.25 Å². The van der Waals surface area contributed by atoms with Gasteiger partial charge in [0, 0.05) is 11.3 Å². The van der Waals surface area contributed by atoms with Crippen LogP contribution in [0.2, 0.25) is 0 Å². The molecule has 0 fully saturated rings. The molecule has 32 heavy (non-hydrogen) atoms. The Morgan fingerprint density at radius 1 is 0.938 bits per heavy atom. The van der Waals surface area contributed by atoms with Crippen LogP contribution in [0.3, 0.4) is 0 Å². The summed E-state index contributed by atoms with van der Waals surface area (Å²) in [5, 5.41) is 12.1. The van der Waals surface area contributed by atoms with Gasteiger partial charge in [0.15, 0.2) is 5.82 Å².